The zero-order chi connectivity index (χ0) is 14.9. The lowest BCUT2D eigenvalue weighted by molar-refractivity contribution is -0.116. The SMILES string of the molecule is CC(C)C(Br)C(=O)Nc1c(F)c(F)c(F)c(F)c1F. The molecule has 106 valence electrons. The third kappa shape index (κ3) is 3.05. The average molecular weight is 346 g/mol. The van der Waals surface area contributed by atoms with Crippen LogP contribution in [0.5, 0.6) is 0 Å². The number of hydrogen-bond acceptors (Lipinski definition) is 1. The molecule has 0 saturated heterocycles. The summed E-state index contributed by atoms with van der Waals surface area (Å²) >= 11 is 2.95. The van der Waals surface area contributed by atoms with Crippen LogP contribution in [0.4, 0.5) is 27.6 Å². The van der Waals surface area contributed by atoms with Crippen LogP contribution in [0.3, 0.4) is 0 Å². The molecule has 19 heavy (non-hydrogen) atoms. The monoisotopic (exact) mass is 345 g/mol. The van der Waals surface area contributed by atoms with E-state index in [9.17, 15) is 26.7 Å². The molecular formula is C11H9BrF5NO. The number of carbonyl (C=O) groups is 1. The van der Waals surface area contributed by atoms with E-state index in [2.05, 4.69) is 15.9 Å². The van der Waals surface area contributed by atoms with Crippen LogP contribution >= 0.6 is 15.9 Å². The van der Waals surface area contributed by atoms with Gasteiger partial charge in [0, 0.05) is 0 Å². The largest absolute Gasteiger partial charge is 0.320 e. The molecule has 1 unspecified atom stereocenters. The maximum Gasteiger partial charge on any atom is 0.238 e. The minimum absolute atomic E-state index is 0.235. The van der Waals surface area contributed by atoms with Crippen molar-refractivity contribution >= 4 is 27.5 Å². The second-order valence-electron chi connectivity index (χ2n) is 4.08. The molecule has 0 fully saturated rings. The van der Waals surface area contributed by atoms with E-state index >= 15 is 0 Å². The van der Waals surface area contributed by atoms with Gasteiger partial charge in [0.1, 0.15) is 5.69 Å². The average Bonchev–Trinajstić information content (AvgIpc) is 2.37. The number of rotatable bonds is 3. The number of carbonyl (C=O) groups excluding carboxylic acids is 1. The Balaban J connectivity index is 3.19. The van der Waals surface area contributed by atoms with Crippen LogP contribution in [0.25, 0.3) is 0 Å². The van der Waals surface area contributed by atoms with Crippen LogP contribution in [0.2, 0.25) is 0 Å². The summed E-state index contributed by atoms with van der Waals surface area (Å²) in [4.78, 5) is 10.7. The standard InChI is InChI=1S/C11H9BrF5NO/c1-3(2)4(12)11(19)18-10-8(16)6(14)5(13)7(15)9(10)17/h3-4H,1-2H3,(H,18,19). The van der Waals surface area contributed by atoms with Gasteiger partial charge in [0.05, 0.1) is 4.83 Å². The van der Waals surface area contributed by atoms with E-state index in [0.29, 0.717) is 0 Å². The molecule has 1 atom stereocenters. The third-order valence-corrected chi connectivity index (χ3v) is 3.77. The number of benzene rings is 1. The van der Waals surface area contributed by atoms with Gasteiger partial charge in [0.25, 0.3) is 0 Å². The van der Waals surface area contributed by atoms with Crippen molar-refractivity contribution in [3.8, 4) is 0 Å². The van der Waals surface area contributed by atoms with Gasteiger partial charge in [-0.1, -0.05) is 29.8 Å². The molecule has 1 aromatic rings. The Hall–Kier alpha value is -1.18. The minimum atomic E-state index is -2.27. The molecule has 0 heterocycles. The predicted octanol–water partition coefficient (Wildman–Crippen LogP) is 3.74. The molecule has 1 rings (SSSR count). The van der Waals surface area contributed by atoms with Crippen LogP contribution in [-0.2, 0) is 4.79 Å². The lowest BCUT2D eigenvalue weighted by Crippen LogP contribution is -2.28. The van der Waals surface area contributed by atoms with Crippen LogP contribution in [0.15, 0.2) is 0 Å². The Bertz CT molecular complexity index is 491. The molecule has 0 saturated carbocycles. The fourth-order valence-electron chi connectivity index (χ4n) is 1.21. The molecule has 1 amide bonds. The summed E-state index contributed by atoms with van der Waals surface area (Å²) in [5.41, 5.74) is -1.36. The van der Waals surface area contributed by atoms with Crippen molar-refractivity contribution in [2.45, 2.75) is 18.7 Å². The summed E-state index contributed by atoms with van der Waals surface area (Å²) in [6, 6.07) is 0. The molecule has 0 aliphatic carbocycles. The summed E-state index contributed by atoms with van der Waals surface area (Å²) in [7, 11) is 0. The van der Waals surface area contributed by atoms with Gasteiger partial charge in [-0.05, 0) is 5.92 Å². The number of anilines is 1. The smallest absolute Gasteiger partial charge is 0.238 e. The molecule has 1 aromatic carbocycles. The van der Waals surface area contributed by atoms with E-state index in [0.717, 1.165) is 0 Å². The van der Waals surface area contributed by atoms with Gasteiger partial charge in [-0.25, -0.2) is 22.0 Å². The summed E-state index contributed by atoms with van der Waals surface area (Å²) in [6.07, 6.45) is 0. The molecule has 0 radical (unpaired) electrons. The zero-order valence-corrected chi connectivity index (χ0v) is 11.4. The molecule has 0 spiro atoms. The first-order chi connectivity index (χ1) is 8.68. The Labute approximate surface area is 114 Å². The van der Waals surface area contributed by atoms with Crippen molar-refractivity contribution in [3.05, 3.63) is 29.1 Å². The van der Waals surface area contributed by atoms with Gasteiger partial charge in [0.2, 0.25) is 11.7 Å². The van der Waals surface area contributed by atoms with Gasteiger partial charge in [-0.2, -0.15) is 0 Å². The lowest BCUT2D eigenvalue weighted by Gasteiger charge is -2.15. The highest BCUT2D eigenvalue weighted by Gasteiger charge is 2.28. The van der Waals surface area contributed by atoms with E-state index < -0.39 is 45.5 Å². The molecule has 0 aliphatic rings. The van der Waals surface area contributed by atoms with Gasteiger partial charge >= 0.3 is 0 Å². The normalized spacial score (nSPS) is 12.7. The second-order valence-corrected chi connectivity index (χ2v) is 5.07. The number of halogens is 6. The third-order valence-electron chi connectivity index (χ3n) is 2.29. The molecule has 0 aromatic heterocycles. The first-order valence-corrected chi connectivity index (χ1v) is 6.06. The van der Waals surface area contributed by atoms with Crippen molar-refractivity contribution in [3.63, 3.8) is 0 Å². The highest BCUT2D eigenvalue weighted by Crippen LogP contribution is 2.28. The molecule has 0 aliphatic heterocycles. The van der Waals surface area contributed by atoms with Crippen molar-refractivity contribution in [2.24, 2.45) is 5.92 Å². The first kappa shape index (κ1) is 15.9. The fourth-order valence-corrected chi connectivity index (χ4v) is 1.32. The summed E-state index contributed by atoms with van der Waals surface area (Å²) < 4.78 is 65.1. The Kier molecular flexibility index (Phi) is 4.89. The quantitative estimate of drug-likeness (QED) is 0.384. The zero-order valence-electron chi connectivity index (χ0n) is 9.83. The maximum absolute atomic E-state index is 13.3. The van der Waals surface area contributed by atoms with Gasteiger partial charge < -0.3 is 5.32 Å². The highest BCUT2D eigenvalue weighted by atomic mass is 79.9. The van der Waals surface area contributed by atoms with E-state index in [1.54, 1.807) is 19.2 Å². The molecule has 0 bridgehead atoms. The van der Waals surface area contributed by atoms with Crippen LogP contribution in [0, 0.1) is 35.0 Å². The predicted molar refractivity (Wildman–Crippen MR) is 62.4 cm³/mol. The Morgan fingerprint density at radius 2 is 1.32 bits per heavy atom. The fraction of sp³-hybridized carbons (Fsp3) is 0.364. The molecule has 8 heteroatoms. The van der Waals surface area contributed by atoms with Gasteiger partial charge in [-0.3, -0.25) is 4.79 Å². The number of nitrogens with one attached hydrogen (secondary N) is 1. The van der Waals surface area contributed by atoms with Crippen LogP contribution in [-0.4, -0.2) is 10.7 Å². The highest BCUT2D eigenvalue weighted by molar-refractivity contribution is 9.10. The van der Waals surface area contributed by atoms with Crippen LogP contribution < -0.4 is 5.32 Å². The van der Waals surface area contributed by atoms with E-state index in [4.69, 9.17) is 0 Å². The maximum atomic E-state index is 13.3. The van der Waals surface area contributed by atoms with E-state index in [-0.39, 0.29) is 5.92 Å². The number of hydrogen-bond donors (Lipinski definition) is 1. The van der Waals surface area contributed by atoms with Gasteiger partial charge in [0.15, 0.2) is 23.3 Å². The summed E-state index contributed by atoms with van der Waals surface area (Å²) in [5.74, 6) is -11.8. The van der Waals surface area contributed by atoms with E-state index in [1.165, 1.54) is 0 Å². The second kappa shape index (κ2) is 5.85. The molecule has 1 N–H and O–H groups in total. The Morgan fingerprint density at radius 1 is 0.947 bits per heavy atom. The van der Waals surface area contributed by atoms with Crippen molar-refractivity contribution < 1.29 is 26.7 Å². The van der Waals surface area contributed by atoms with E-state index in [1.807, 2.05) is 0 Å². The van der Waals surface area contributed by atoms with Gasteiger partial charge in [-0.15, -0.1) is 0 Å². The topological polar surface area (TPSA) is 29.1 Å². The van der Waals surface area contributed by atoms with Crippen molar-refractivity contribution in [2.75, 3.05) is 5.32 Å². The summed E-state index contributed by atoms with van der Waals surface area (Å²) in [5, 5.41) is 1.69. The molecular weight excluding hydrogens is 337 g/mol. The first-order valence-electron chi connectivity index (χ1n) is 5.14. The number of alkyl halides is 1. The minimum Gasteiger partial charge on any atom is -0.320 e. The van der Waals surface area contributed by atoms with Crippen LogP contribution in [0.1, 0.15) is 13.8 Å². The summed E-state index contributed by atoms with van der Waals surface area (Å²) in [6.45, 7) is 3.27. The van der Waals surface area contributed by atoms with Crippen molar-refractivity contribution in [1.29, 1.82) is 0 Å². The number of amides is 1. The molecule has 2 nitrogen and oxygen atoms in total. The Morgan fingerprint density at radius 3 is 1.68 bits per heavy atom. The van der Waals surface area contributed by atoms with Crippen molar-refractivity contribution in [1.82, 2.24) is 0 Å². The lowest BCUT2D eigenvalue weighted by atomic mass is 10.1.